The van der Waals surface area contributed by atoms with Crippen LogP contribution in [0, 0.1) is 12.3 Å². The second-order valence-electron chi connectivity index (χ2n) is 6.97. The third-order valence-electron chi connectivity index (χ3n) is 4.91. The maximum absolute atomic E-state index is 12.1. The normalized spacial score (nSPS) is 20.8. The van der Waals surface area contributed by atoms with Gasteiger partial charge in [-0.2, -0.15) is 0 Å². The van der Waals surface area contributed by atoms with Gasteiger partial charge in [0.2, 0.25) is 5.91 Å². The van der Waals surface area contributed by atoms with Crippen molar-refractivity contribution in [3.05, 3.63) is 48.0 Å². The number of hydrogen-bond acceptors (Lipinski definition) is 3. The Hall–Kier alpha value is -2.14. The van der Waals surface area contributed by atoms with Crippen LogP contribution in [-0.2, 0) is 16.1 Å². The fraction of sp³-hybridized carbons (Fsp3) is 0.500. The lowest BCUT2D eigenvalue weighted by atomic mass is 9.77. The van der Waals surface area contributed by atoms with Crippen LogP contribution in [0.3, 0.4) is 0 Å². The molecule has 1 aromatic rings. The Balaban J connectivity index is 1.79. The van der Waals surface area contributed by atoms with Crippen LogP contribution >= 0.6 is 0 Å². The average Bonchev–Trinajstić information content (AvgIpc) is 2.60. The number of hydrogen-bond donors (Lipinski definition) is 2. The molecule has 1 atom stereocenters. The predicted molar refractivity (Wildman–Crippen MR) is 98.2 cm³/mol. The molecule has 1 aliphatic heterocycles. The summed E-state index contributed by atoms with van der Waals surface area (Å²) in [7, 11) is 0. The van der Waals surface area contributed by atoms with E-state index < -0.39 is 11.4 Å². The summed E-state index contributed by atoms with van der Waals surface area (Å²) in [6.45, 7) is 8.17. The van der Waals surface area contributed by atoms with Gasteiger partial charge in [-0.3, -0.25) is 9.59 Å². The zero-order chi connectivity index (χ0) is 18.3. The SMILES string of the molecule is C=CC[C@@]1(C(=O)O)CCCN(CCC(=O)NCc2ccc(C)cc2)C1. The van der Waals surface area contributed by atoms with Gasteiger partial charge in [0.05, 0.1) is 5.41 Å². The lowest BCUT2D eigenvalue weighted by Crippen LogP contribution is -2.48. The number of carbonyl (C=O) groups is 2. The molecule has 0 saturated carbocycles. The fourth-order valence-electron chi connectivity index (χ4n) is 3.38. The van der Waals surface area contributed by atoms with E-state index in [1.54, 1.807) is 6.08 Å². The van der Waals surface area contributed by atoms with E-state index in [9.17, 15) is 14.7 Å². The molecule has 0 aliphatic carbocycles. The van der Waals surface area contributed by atoms with E-state index >= 15 is 0 Å². The van der Waals surface area contributed by atoms with E-state index in [-0.39, 0.29) is 5.91 Å². The average molecular weight is 344 g/mol. The van der Waals surface area contributed by atoms with Crippen molar-refractivity contribution in [3.8, 4) is 0 Å². The molecule has 1 amide bonds. The summed E-state index contributed by atoms with van der Waals surface area (Å²) in [6.07, 6.45) is 4.05. The van der Waals surface area contributed by atoms with Gasteiger partial charge in [-0.1, -0.05) is 35.9 Å². The van der Waals surface area contributed by atoms with Gasteiger partial charge in [0.15, 0.2) is 0 Å². The lowest BCUT2D eigenvalue weighted by Gasteiger charge is -2.39. The third-order valence-corrected chi connectivity index (χ3v) is 4.91. The van der Waals surface area contributed by atoms with Crippen LogP contribution in [0.5, 0.6) is 0 Å². The lowest BCUT2D eigenvalue weighted by molar-refractivity contribution is -0.152. The number of carboxylic acids is 1. The number of rotatable bonds is 8. The predicted octanol–water partition coefficient (Wildman–Crippen LogP) is 2.74. The minimum Gasteiger partial charge on any atom is -0.481 e. The third kappa shape index (κ3) is 5.43. The number of amides is 1. The summed E-state index contributed by atoms with van der Waals surface area (Å²) < 4.78 is 0. The van der Waals surface area contributed by atoms with Gasteiger partial charge in [0, 0.05) is 26.1 Å². The van der Waals surface area contributed by atoms with Crippen molar-refractivity contribution in [2.45, 2.75) is 39.2 Å². The summed E-state index contributed by atoms with van der Waals surface area (Å²) in [5.41, 5.74) is 1.52. The molecule has 0 unspecified atom stereocenters. The molecule has 0 aromatic heterocycles. The summed E-state index contributed by atoms with van der Waals surface area (Å²) in [6, 6.07) is 8.08. The molecule has 25 heavy (non-hydrogen) atoms. The van der Waals surface area contributed by atoms with Crippen LogP contribution in [0.2, 0.25) is 0 Å². The van der Waals surface area contributed by atoms with E-state index in [1.165, 1.54) is 5.56 Å². The fourth-order valence-corrected chi connectivity index (χ4v) is 3.38. The van der Waals surface area contributed by atoms with Crippen LogP contribution in [0.1, 0.15) is 36.8 Å². The zero-order valence-corrected chi connectivity index (χ0v) is 15.0. The van der Waals surface area contributed by atoms with Crippen molar-refractivity contribution in [1.29, 1.82) is 0 Å². The van der Waals surface area contributed by atoms with E-state index in [0.29, 0.717) is 38.9 Å². The second kappa shape index (κ2) is 8.81. The number of carboxylic acid groups (broad SMARTS) is 1. The molecule has 0 bridgehead atoms. The number of likely N-dealkylation sites (tertiary alicyclic amines) is 1. The number of nitrogens with one attached hydrogen (secondary N) is 1. The van der Waals surface area contributed by atoms with E-state index in [1.807, 2.05) is 31.2 Å². The molecule has 1 saturated heterocycles. The summed E-state index contributed by atoms with van der Waals surface area (Å²) in [5, 5.41) is 12.5. The largest absolute Gasteiger partial charge is 0.481 e. The highest BCUT2D eigenvalue weighted by atomic mass is 16.4. The quantitative estimate of drug-likeness (QED) is 0.712. The van der Waals surface area contributed by atoms with Gasteiger partial charge >= 0.3 is 5.97 Å². The minimum absolute atomic E-state index is 0.00389. The smallest absolute Gasteiger partial charge is 0.311 e. The first-order valence-corrected chi connectivity index (χ1v) is 8.84. The number of carbonyl (C=O) groups excluding carboxylic acids is 1. The highest BCUT2D eigenvalue weighted by molar-refractivity contribution is 5.76. The van der Waals surface area contributed by atoms with E-state index in [0.717, 1.165) is 18.5 Å². The van der Waals surface area contributed by atoms with Crippen molar-refractivity contribution >= 4 is 11.9 Å². The van der Waals surface area contributed by atoms with Crippen LogP contribution < -0.4 is 5.32 Å². The molecule has 136 valence electrons. The van der Waals surface area contributed by atoms with Crippen molar-refractivity contribution in [2.24, 2.45) is 5.41 Å². The Morgan fingerprint density at radius 3 is 2.72 bits per heavy atom. The van der Waals surface area contributed by atoms with E-state index in [2.05, 4.69) is 16.8 Å². The highest BCUT2D eigenvalue weighted by Gasteiger charge is 2.41. The van der Waals surface area contributed by atoms with Crippen molar-refractivity contribution in [3.63, 3.8) is 0 Å². The number of aliphatic carboxylic acids is 1. The minimum atomic E-state index is -0.763. The molecular weight excluding hydrogens is 316 g/mol. The summed E-state index contributed by atoms with van der Waals surface area (Å²) in [4.78, 5) is 25.8. The summed E-state index contributed by atoms with van der Waals surface area (Å²) in [5.74, 6) is -0.767. The van der Waals surface area contributed by atoms with Crippen molar-refractivity contribution in [2.75, 3.05) is 19.6 Å². The first kappa shape index (κ1) is 19.2. The Morgan fingerprint density at radius 1 is 1.36 bits per heavy atom. The Kier molecular flexibility index (Phi) is 6.76. The molecule has 5 heteroatoms. The standard InChI is InChI=1S/C20H28N2O3/c1-3-10-20(19(24)25)11-4-12-22(15-20)13-9-18(23)21-14-17-7-5-16(2)6-8-17/h3,5-8H,1,4,9-15H2,2H3,(H,21,23)(H,24,25)/t20-/m1/s1. The number of benzene rings is 1. The van der Waals surface area contributed by atoms with Crippen molar-refractivity contribution < 1.29 is 14.7 Å². The second-order valence-corrected chi connectivity index (χ2v) is 6.97. The maximum Gasteiger partial charge on any atom is 0.311 e. The monoisotopic (exact) mass is 344 g/mol. The van der Waals surface area contributed by atoms with Crippen LogP contribution in [-0.4, -0.2) is 41.5 Å². The molecule has 1 heterocycles. The maximum atomic E-state index is 12.1. The van der Waals surface area contributed by atoms with Crippen LogP contribution in [0.15, 0.2) is 36.9 Å². The van der Waals surface area contributed by atoms with Gasteiger partial charge < -0.3 is 15.3 Å². The first-order valence-electron chi connectivity index (χ1n) is 8.84. The Morgan fingerprint density at radius 2 is 2.08 bits per heavy atom. The van der Waals surface area contributed by atoms with E-state index in [4.69, 9.17) is 0 Å². The van der Waals surface area contributed by atoms with Crippen LogP contribution in [0.25, 0.3) is 0 Å². The molecule has 0 spiro atoms. The topological polar surface area (TPSA) is 69.6 Å². The highest BCUT2D eigenvalue weighted by Crippen LogP contribution is 2.34. The zero-order valence-electron chi connectivity index (χ0n) is 15.0. The van der Waals surface area contributed by atoms with Crippen molar-refractivity contribution in [1.82, 2.24) is 10.2 Å². The molecule has 1 aromatic carbocycles. The molecule has 1 fully saturated rings. The molecular formula is C20H28N2O3. The number of nitrogens with zero attached hydrogens (tertiary/aromatic N) is 1. The molecule has 2 N–H and O–H groups in total. The number of allylic oxidation sites excluding steroid dienone is 1. The summed E-state index contributed by atoms with van der Waals surface area (Å²) >= 11 is 0. The Labute approximate surface area is 149 Å². The molecule has 5 nitrogen and oxygen atoms in total. The first-order chi connectivity index (χ1) is 11.9. The van der Waals surface area contributed by atoms with Gasteiger partial charge in [-0.25, -0.2) is 0 Å². The molecule has 2 rings (SSSR count). The Bertz CT molecular complexity index is 612. The molecule has 1 aliphatic rings. The van der Waals surface area contributed by atoms with Gasteiger partial charge in [-0.05, 0) is 38.3 Å². The molecule has 0 radical (unpaired) electrons. The number of aryl methyl sites for hydroxylation is 1. The number of piperidine rings is 1. The van der Waals surface area contributed by atoms with Gasteiger partial charge in [0.25, 0.3) is 0 Å². The van der Waals surface area contributed by atoms with Gasteiger partial charge in [0.1, 0.15) is 0 Å². The van der Waals surface area contributed by atoms with Crippen LogP contribution in [0.4, 0.5) is 0 Å². The van der Waals surface area contributed by atoms with Gasteiger partial charge in [-0.15, -0.1) is 6.58 Å².